The third-order valence-corrected chi connectivity index (χ3v) is 4.27. The predicted octanol–water partition coefficient (Wildman–Crippen LogP) is 4.53. The van der Waals surface area contributed by atoms with Crippen LogP contribution in [0.5, 0.6) is 5.75 Å². The average molecular weight is 360 g/mol. The van der Waals surface area contributed by atoms with Crippen LogP contribution in [0.1, 0.15) is 17.2 Å². The number of aliphatic hydroxyl groups is 1. The Hall–Kier alpha value is -1.10. The fourth-order valence-electron chi connectivity index (χ4n) is 1.89. The lowest BCUT2D eigenvalue weighted by Crippen LogP contribution is -2.05. The first-order valence-corrected chi connectivity index (χ1v) is 7.14. The number of hydrogen-bond acceptors (Lipinski definition) is 2. The minimum absolute atomic E-state index is 0.0173. The van der Waals surface area contributed by atoms with Crippen molar-refractivity contribution in [1.29, 1.82) is 0 Å². The van der Waals surface area contributed by atoms with E-state index < -0.39 is 11.9 Å². The molecule has 0 heterocycles. The number of rotatable bonds is 4. The van der Waals surface area contributed by atoms with Crippen molar-refractivity contribution in [1.82, 2.24) is 0 Å². The summed E-state index contributed by atoms with van der Waals surface area (Å²) in [5.74, 6) is 0.142. The highest BCUT2D eigenvalue weighted by Crippen LogP contribution is 2.31. The van der Waals surface area contributed by atoms with Crippen molar-refractivity contribution in [3.05, 3.63) is 62.8 Å². The lowest BCUT2D eigenvalue weighted by Gasteiger charge is -2.13. The molecule has 0 radical (unpaired) electrons. The quantitative estimate of drug-likeness (QED) is 0.813. The van der Waals surface area contributed by atoms with Crippen LogP contribution >= 0.6 is 27.5 Å². The van der Waals surface area contributed by atoms with Gasteiger partial charge >= 0.3 is 0 Å². The zero-order valence-electron chi connectivity index (χ0n) is 10.7. The van der Waals surface area contributed by atoms with E-state index in [1.165, 1.54) is 6.07 Å². The second-order valence-corrected chi connectivity index (χ2v) is 5.56. The molecule has 0 amide bonds. The molecule has 1 atom stereocenters. The Morgan fingerprint density at radius 3 is 2.50 bits per heavy atom. The Bertz CT molecular complexity index is 602. The Morgan fingerprint density at radius 2 is 1.90 bits per heavy atom. The van der Waals surface area contributed by atoms with E-state index in [4.69, 9.17) is 16.3 Å². The standard InChI is InChI=1S/C15H13BrClFO2/c1-20-10-4-2-9(3-5-10)8-13(19)11-6-7-12(16)14(17)15(11)18/h2-7,13,19H,8H2,1H3. The van der Waals surface area contributed by atoms with E-state index in [1.54, 1.807) is 25.3 Å². The molecule has 0 aliphatic rings. The topological polar surface area (TPSA) is 29.5 Å². The van der Waals surface area contributed by atoms with Crippen LogP contribution in [-0.2, 0) is 6.42 Å². The van der Waals surface area contributed by atoms with Crippen LogP contribution in [0, 0.1) is 5.82 Å². The van der Waals surface area contributed by atoms with Crippen LogP contribution in [0.25, 0.3) is 0 Å². The fourth-order valence-corrected chi connectivity index (χ4v) is 2.37. The molecule has 2 rings (SSSR count). The highest BCUT2D eigenvalue weighted by atomic mass is 79.9. The summed E-state index contributed by atoms with van der Waals surface area (Å²) in [7, 11) is 1.59. The minimum atomic E-state index is -0.950. The molecule has 2 nitrogen and oxygen atoms in total. The van der Waals surface area contributed by atoms with E-state index >= 15 is 0 Å². The Morgan fingerprint density at radius 1 is 1.25 bits per heavy atom. The zero-order chi connectivity index (χ0) is 14.7. The van der Waals surface area contributed by atoms with Gasteiger partial charge in [0.1, 0.15) is 11.6 Å². The molecule has 0 bridgehead atoms. The summed E-state index contributed by atoms with van der Waals surface area (Å²) in [5, 5.41) is 10.1. The van der Waals surface area contributed by atoms with Gasteiger partial charge in [-0.3, -0.25) is 0 Å². The molecule has 0 aliphatic carbocycles. The first-order chi connectivity index (χ1) is 9.52. The highest BCUT2D eigenvalue weighted by molar-refractivity contribution is 9.10. The van der Waals surface area contributed by atoms with Gasteiger partial charge in [0.15, 0.2) is 0 Å². The molecular formula is C15H13BrClFO2. The van der Waals surface area contributed by atoms with Crippen LogP contribution in [0.2, 0.25) is 5.02 Å². The molecular weight excluding hydrogens is 347 g/mol. The summed E-state index contributed by atoms with van der Waals surface area (Å²) in [4.78, 5) is 0. The van der Waals surface area contributed by atoms with Gasteiger partial charge in [0.2, 0.25) is 0 Å². The smallest absolute Gasteiger partial charge is 0.148 e. The van der Waals surface area contributed by atoms with Crippen LogP contribution in [-0.4, -0.2) is 12.2 Å². The number of hydrogen-bond donors (Lipinski definition) is 1. The molecule has 1 N–H and O–H groups in total. The van der Waals surface area contributed by atoms with Crippen molar-refractivity contribution in [3.8, 4) is 5.75 Å². The third-order valence-electron chi connectivity index (χ3n) is 3.01. The van der Waals surface area contributed by atoms with Gasteiger partial charge in [-0.15, -0.1) is 0 Å². The number of halogens is 3. The monoisotopic (exact) mass is 358 g/mol. The number of methoxy groups -OCH3 is 1. The highest BCUT2D eigenvalue weighted by Gasteiger charge is 2.17. The molecule has 0 aliphatic heterocycles. The van der Waals surface area contributed by atoms with Crippen LogP contribution in [0.4, 0.5) is 4.39 Å². The SMILES string of the molecule is COc1ccc(CC(O)c2ccc(Br)c(Cl)c2F)cc1. The summed E-state index contributed by atoms with van der Waals surface area (Å²) in [6.07, 6.45) is -0.646. The van der Waals surface area contributed by atoms with Gasteiger partial charge in [-0.1, -0.05) is 29.8 Å². The Kier molecular flexibility index (Phi) is 5.02. The molecule has 0 fully saturated rings. The maximum Gasteiger partial charge on any atom is 0.148 e. The first-order valence-electron chi connectivity index (χ1n) is 5.97. The van der Waals surface area contributed by atoms with Crippen LogP contribution in [0.3, 0.4) is 0 Å². The normalized spacial score (nSPS) is 12.2. The van der Waals surface area contributed by atoms with Crippen molar-refractivity contribution in [2.24, 2.45) is 0 Å². The largest absolute Gasteiger partial charge is 0.497 e. The van der Waals surface area contributed by atoms with Crippen molar-refractivity contribution in [3.63, 3.8) is 0 Å². The third kappa shape index (κ3) is 3.32. The average Bonchev–Trinajstić information content (AvgIpc) is 2.45. The van der Waals surface area contributed by atoms with Gasteiger partial charge in [0.05, 0.1) is 18.2 Å². The van der Waals surface area contributed by atoms with E-state index in [0.717, 1.165) is 11.3 Å². The Labute approximate surface area is 130 Å². The van der Waals surface area contributed by atoms with E-state index in [9.17, 15) is 9.50 Å². The van der Waals surface area contributed by atoms with E-state index in [-0.39, 0.29) is 10.6 Å². The maximum absolute atomic E-state index is 14.0. The summed E-state index contributed by atoms with van der Waals surface area (Å²) >= 11 is 8.96. The zero-order valence-corrected chi connectivity index (χ0v) is 13.1. The van der Waals surface area contributed by atoms with Gasteiger partial charge in [0.25, 0.3) is 0 Å². The summed E-state index contributed by atoms with van der Waals surface area (Å²) in [5.41, 5.74) is 1.07. The number of ether oxygens (including phenoxy) is 1. The molecule has 0 aromatic heterocycles. The van der Waals surface area contributed by atoms with Gasteiger partial charge in [0, 0.05) is 16.5 Å². The van der Waals surface area contributed by atoms with Crippen molar-refractivity contribution in [2.75, 3.05) is 7.11 Å². The van der Waals surface area contributed by atoms with Crippen molar-refractivity contribution < 1.29 is 14.2 Å². The molecule has 20 heavy (non-hydrogen) atoms. The molecule has 1 unspecified atom stereocenters. The molecule has 5 heteroatoms. The van der Waals surface area contributed by atoms with Gasteiger partial charge < -0.3 is 9.84 Å². The molecule has 0 spiro atoms. The fraction of sp³-hybridized carbons (Fsp3) is 0.200. The lowest BCUT2D eigenvalue weighted by molar-refractivity contribution is 0.173. The van der Waals surface area contributed by atoms with Crippen LogP contribution < -0.4 is 4.74 Å². The summed E-state index contributed by atoms with van der Waals surface area (Å²) < 4.78 is 19.5. The lowest BCUT2D eigenvalue weighted by atomic mass is 10.0. The molecule has 2 aromatic rings. The van der Waals surface area contributed by atoms with E-state index in [0.29, 0.717) is 10.9 Å². The molecule has 2 aromatic carbocycles. The van der Waals surface area contributed by atoms with Gasteiger partial charge in [-0.25, -0.2) is 4.39 Å². The molecule has 0 saturated heterocycles. The second kappa shape index (κ2) is 6.57. The van der Waals surface area contributed by atoms with Gasteiger partial charge in [-0.05, 0) is 39.7 Å². The second-order valence-electron chi connectivity index (χ2n) is 4.33. The van der Waals surface area contributed by atoms with Gasteiger partial charge in [-0.2, -0.15) is 0 Å². The maximum atomic E-state index is 14.0. The molecule has 0 saturated carbocycles. The van der Waals surface area contributed by atoms with Crippen LogP contribution in [0.15, 0.2) is 40.9 Å². The van der Waals surface area contributed by atoms with E-state index in [2.05, 4.69) is 15.9 Å². The van der Waals surface area contributed by atoms with E-state index in [1.807, 2.05) is 12.1 Å². The molecule has 106 valence electrons. The Balaban J connectivity index is 2.19. The first kappa shape index (κ1) is 15.3. The summed E-state index contributed by atoms with van der Waals surface area (Å²) in [6, 6.07) is 10.4. The minimum Gasteiger partial charge on any atom is -0.497 e. The number of benzene rings is 2. The summed E-state index contributed by atoms with van der Waals surface area (Å²) in [6.45, 7) is 0. The van der Waals surface area contributed by atoms with Crippen molar-refractivity contribution >= 4 is 27.5 Å². The van der Waals surface area contributed by atoms with Crippen molar-refractivity contribution in [2.45, 2.75) is 12.5 Å². The predicted molar refractivity (Wildman–Crippen MR) is 80.8 cm³/mol. The number of aliphatic hydroxyl groups excluding tert-OH is 1.